The Morgan fingerprint density at radius 2 is 1.40 bits per heavy atom. The van der Waals surface area contributed by atoms with Gasteiger partial charge in [0.2, 0.25) is 0 Å². The fourth-order valence-corrected chi connectivity index (χ4v) is 7.32. The van der Waals surface area contributed by atoms with Crippen LogP contribution in [0, 0.1) is 26.1 Å². The van der Waals surface area contributed by atoms with E-state index in [2.05, 4.69) is 36.3 Å². The van der Waals surface area contributed by atoms with Gasteiger partial charge in [-0.2, -0.15) is 0 Å². The minimum atomic E-state index is -2.41. The summed E-state index contributed by atoms with van der Waals surface area (Å²) in [5.74, 6) is 6.92. The third-order valence-electron chi connectivity index (χ3n) is 5.42. The van der Waals surface area contributed by atoms with Crippen LogP contribution < -0.4 is 4.40 Å². The molecule has 0 heterocycles. The zero-order valence-electron chi connectivity index (χ0n) is 24.7. The van der Waals surface area contributed by atoms with Crippen LogP contribution >= 0.6 is 0 Å². The van der Waals surface area contributed by atoms with Gasteiger partial charge in [0.05, 0.1) is 0 Å². The van der Waals surface area contributed by atoms with E-state index in [0.717, 1.165) is 33.4 Å². The summed E-state index contributed by atoms with van der Waals surface area (Å²) in [7, 11) is 0. The Hall–Kier alpha value is -1.80. The van der Waals surface area contributed by atoms with Crippen LogP contribution in [-0.4, -0.2) is 13.3 Å². The van der Waals surface area contributed by atoms with Gasteiger partial charge in [-0.05, 0) is 0 Å². The van der Waals surface area contributed by atoms with Gasteiger partial charge in [-0.3, -0.25) is 0 Å². The van der Waals surface area contributed by atoms with Gasteiger partial charge in [-0.15, -0.1) is 0 Å². The second-order valence-electron chi connectivity index (χ2n) is 10.4. The molecular formula is C29H38Ge. The SMILES string of the molecule is [2H]C([2H])([2H])c1cc(C)c(-c2cc(C([2H])([2H])C(C)(C)C)[c]([Ge]([CH3])([CH3])[CH3])cc2C)cc1-c1ccccc1. The average molecular weight is 464 g/mol. The molecule has 0 saturated carbocycles. The second-order valence-corrected chi connectivity index (χ2v) is 21.0. The van der Waals surface area contributed by atoms with Crippen LogP contribution in [0.4, 0.5) is 0 Å². The summed E-state index contributed by atoms with van der Waals surface area (Å²) in [6.45, 7) is 7.67. The first kappa shape index (κ1) is 16.8. The fraction of sp³-hybridized carbons (Fsp3) is 0.379. The van der Waals surface area contributed by atoms with E-state index in [1.165, 1.54) is 4.40 Å². The van der Waals surface area contributed by atoms with Gasteiger partial charge in [0.1, 0.15) is 0 Å². The Balaban J connectivity index is 2.40. The number of hydrogen-bond acceptors (Lipinski definition) is 0. The van der Waals surface area contributed by atoms with E-state index in [1.807, 2.05) is 64.1 Å². The summed E-state index contributed by atoms with van der Waals surface area (Å²) in [5.41, 5.74) is 6.00. The molecule has 0 unspecified atom stereocenters. The molecule has 0 N–H and O–H groups in total. The number of rotatable bonds is 4. The van der Waals surface area contributed by atoms with Gasteiger partial charge in [0, 0.05) is 0 Å². The maximum absolute atomic E-state index is 9.14. The van der Waals surface area contributed by atoms with Crippen LogP contribution in [0.25, 0.3) is 22.3 Å². The molecule has 0 nitrogen and oxygen atoms in total. The number of aryl methyl sites for hydroxylation is 3. The molecule has 1 heteroatoms. The topological polar surface area (TPSA) is 0 Å². The van der Waals surface area contributed by atoms with Crippen molar-refractivity contribution in [3.05, 3.63) is 76.9 Å². The summed E-state index contributed by atoms with van der Waals surface area (Å²) in [5, 5.41) is 0. The minimum absolute atomic E-state index is 0.342. The Morgan fingerprint density at radius 1 is 0.800 bits per heavy atom. The summed E-state index contributed by atoms with van der Waals surface area (Å²) >= 11 is -2.41. The van der Waals surface area contributed by atoms with Gasteiger partial charge in [-0.25, -0.2) is 0 Å². The van der Waals surface area contributed by atoms with Crippen LogP contribution in [0.2, 0.25) is 17.3 Å². The first-order chi connectivity index (χ1) is 15.9. The van der Waals surface area contributed by atoms with Crippen molar-refractivity contribution in [3.8, 4) is 22.3 Å². The van der Waals surface area contributed by atoms with Gasteiger partial charge in [0.15, 0.2) is 0 Å². The van der Waals surface area contributed by atoms with E-state index >= 15 is 0 Å². The fourth-order valence-electron chi connectivity index (χ4n) is 3.98. The predicted octanol–water partition coefficient (Wildman–Crippen LogP) is 8.08. The maximum atomic E-state index is 9.14. The van der Waals surface area contributed by atoms with E-state index in [-0.39, 0.29) is 0 Å². The van der Waals surface area contributed by atoms with Crippen LogP contribution in [0.3, 0.4) is 0 Å². The molecule has 0 bridgehead atoms. The van der Waals surface area contributed by atoms with Crippen LogP contribution in [0.15, 0.2) is 54.6 Å². The number of benzene rings is 3. The molecule has 0 radical (unpaired) electrons. The van der Waals surface area contributed by atoms with Gasteiger partial charge >= 0.3 is 194 Å². The molecule has 0 aliphatic rings. The molecule has 0 aliphatic heterocycles. The summed E-state index contributed by atoms with van der Waals surface area (Å²) in [6, 6.07) is 17.7. The van der Waals surface area contributed by atoms with Crippen molar-refractivity contribution in [2.75, 3.05) is 0 Å². The molecule has 3 aromatic rings. The molecule has 30 heavy (non-hydrogen) atoms. The molecule has 3 aromatic carbocycles. The van der Waals surface area contributed by atoms with Crippen molar-refractivity contribution >= 4 is 17.7 Å². The Labute approximate surface area is 194 Å². The molecule has 0 fully saturated rings. The van der Waals surface area contributed by atoms with Crippen molar-refractivity contribution < 1.29 is 6.85 Å². The van der Waals surface area contributed by atoms with E-state index in [4.69, 9.17) is 6.85 Å². The van der Waals surface area contributed by atoms with Crippen LogP contribution in [-0.2, 0) is 6.37 Å². The van der Waals surface area contributed by atoms with Gasteiger partial charge in [-0.1, -0.05) is 0 Å². The average Bonchev–Trinajstić information content (AvgIpc) is 2.72. The van der Waals surface area contributed by atoms with E-state index < -0.39 is 31.9 Å². The van der Waals surface area contributed by atoms with E-state index in [1.54, 1.807) is 6.07 Å². The van der Waals surface area contributed by atoms with Crippen molar-refractivity contribution in [3.63, 3.8) is 0 Å². The molecular weight excluding hydrogens is 421 g/mol. The Kier molecular flexibility index (Phi) is 4.71. The third kappa shape index (κ3) is 5.09. The molecule has 0 aromatic heterocycles. The van der Waals surface area contributed by atoms with E-state index in [0.29, 0.717) is 11.1 Å². The number of hydrogen-bond donors (Lipinski definition) is 0. The first-order valence-electron chi connectivity index (χ1n) is 13.2. The monoisotopic (exact) mass is 465 g/mol. The quantitative estimate of drug-likeness (QED) is 0.343. The third-order valence-corrected chi connectivity index (χ3v) is 9.68. The van der Waals surface area contributed by atoms with Crippen molar-refractivity contribution in [2.24, 2.45) is 5.41 Å². The molecule has 0 atom stereocenters. The summed E-state index contributed by atoms with van der Waals surface area (Å²) in [6.07, 6.45) is -1.52. The Bertz CT molecular complexity index is 1230. The summed E-state index contributed by atoms with van der Waals surface area (Å²) in [4.78, 5) is 0. The molecule has 0 spiro atoms. The first-order valence-corrected chi connectivity index (χ1v) is 18.1. The molecule has 0 aliphatic carbocycles. The predicted molar refractivity (Wildman–Crippen MR) is 138 cm³/mol. The molecule has 0 saturated heterocycles. The van der Waals surface area contributed by atoms with Crippen LogP contribution in [0.1, 0.15) is 49.9 Å². The standard InChI is InChI=1S/C29H38Ge/c1-20-15-21(2)27(18-25(20)23-13-11-10-12-14-23)26-17-24(19-29(4,5)6)28(16-22(26)3)30(7,8)9/h10-18H,19H2,1-9H3/i1D3,19D2. The second kappa shape index (κ2) is 8.38. The zero-order valence-corrected chi connectivity index (χ0v) is 21.8. The zero-order chi connectivity index (χ0) is 26.6. The van der Waals surface area contributed by atoms with Crippen molar-refractivity contribution in [2.45, 2.75) is 65.1 Å². The van der Waals surface area contributed by atoms with Gasteiger partial charge < -0.3 is 0 Å². The summed E-state index contributed by atoms with van der Waals surface area (Å²) < 4.78 is 43.9. The molecule has 0 amide bonds. The van der Waals surface area contributed by atoms with Crippen molar-refractivity contribution in [1.29, 1.82) is 0 Å². The normalized spacial score (nSPS) is 15.7. The molecule has 158 valence electrons. The van der Waals surface area contributed by atoms with Gasteiger partial charge in [0.25, 0.3) is 0 Å². The van der Waals surface area contributed by atoms with Crippen molar-refractivity contribution in [1.82, 2.24) is 0 Å². The molecule has 3 rings (SSSR count). The van der Waals surface area contributed by atoms with E-state index in [9.17, 15) is 0 Å². The van der Waals surface area contributed by atoms with Crippen LogP contribution in [0.5, 0.6) is 0 Å². The Morgan fingerprint density at radius 3 is 1.97 bits per heavy atom.